The molecule has 0 unspecified atom stereocenters. The van der Waals surface area contributed by atoms with Gasteiger partial charge in [-0.2, -0.15) is 0 Å². The normalized spacial score (nSPS) is 10.0. The fourth-order valence-electron chi connectivity index (χ4n) is 1.06. The third-order valence-corrected chi connectivity index (χ3v) is 2.71. The average molecular weight is 228 g/mol. The quantitative estimate of drug-likeness (QED) is 0.834. The summed E-state index contributed by atoms with van der Waals surface area (Å²) in [6.45, 7) is 2.01. The number of aryl methyl sites for hydroxylation is 1. The number of carbonyl (C=O) groups excluding carboxylic acids is 1. The van der Waals surface area contributed by atoms with Crippen LogP contribution in [-0.2, 0) is 4.79 Å². The number of aliphatic carboxylic acids is 1. The molecule has 1 rings (SSSR count). The molecule has 0 fully saturated rings. The predicted molar refractivity (Wildman–Crippen MR) is 56.1 cm³/mol. The van der Waals surface area contributed by atoms with E-state index < -0.39 is 5.97 Å². The second-order valence-electron chi connectivity index (χ2n) is 3.13. The zero-order valence-electron chi connectivity index (χ0n) is 8.56. The number of rotatable bonds is 4. The Kier molecular flexibility index (Phi) is 3.79. The van der Waals surface area contributed by atoms with E-state index in [1.807, 2.05) is 6.92 Å². The molecule has 0 spiro atoms. The predicted octanol–water partition coefficient (Wildman–Crippen LogP) is 0.998. The Bertz CT molecular complexity index is 375. The number of thiazole rings is 1. The summed E-state index contributed by atoms with van der Waals surface area (Å²) in [4.78, 5) is 28.2. The van der Waals surface area contributed by atoms with Crippen molar-refractivity contribution < 1.29 is 14.7 Å². The van der Waals surface area contributed by atoms with E-state index in [2.05, 4.69) is 4.98 Å². The molecule has 1 N–H and O–H groups in total. The number of hydrogen-bond acceptors (Lipinski definition) is 4. The molecule has 1 amide bonds. The van der Waals surface area contributed by atoms with E-state index >= 15 is 0 Å². The molecular formula is C9H12N2O3S. The largest absolute Gasteiger partial charge is 0.481 e. The van der Waals surface area contributed by atoms with Crippen molar-refractivity contribution in [3.63, 3.8) is 0 Å². The van der Waals surface area contributed by atoms with Crippen LogP contribution in [-0.4, -0.2) is 40.5 Å². The maximum Gasteiger partial charge on any atom is 0.305 e. The minimum Gasteiger partial charge on any atom is -0.481 e. The van der Waals surface area contributed by atoms with Gasteiger partial charge in [-0.25, -0.2) is 4.98 Å². The highest BCUT2D eigenvalue weighted by molar-refractivity contribution is 7.09. The van der Waals surface area contributed by atoms with Gasteiger partial charge in [0, 0.05) is 18.5 Å². The fraction of sp³-hybridized carbons (Fsp3) is 0.444. The van der Waals surface area contributed by atoms with Crippen LogP contribution < -0.4 is 0 Å². The topological polar surface area (TPSA) is 70.5 Å². The smallest absolute Gasteiger partial charge is 0.305 e. The van der Waals surface area contributed by atoms with E-state index in [0.717, 1.165) is 4.88 Å². The van der Waals surface area contributed by atoms with Crippen molar-refractivity contribution in [3.05, 3.63) is 16.1 Å². The third kappa shape index (κ3) is 3.02. The Labute approximate surface area is 91.4 Å². The van der Waals surface area contributed by atoms with Gasteiger partial charge in [0.25, 0.3) is 5.91 Å². The lowest BCUT2D eigenvalue weighted by Crippen LogP contribution is -2.29. The summed E-state index contributed by atoms with van der Waals surface area (Å²) in [6.07, 6.45) is -0.0502. The third-order valence-electron chi connectivity index (χ3n) is 1.96. The van der Waals surface area contributed by atoms with Crippen molar-refractivity contribution in [2.45, 2.75) is 13.3 Å². The second-order valence-corrected chi connectivity index (χ2v) is 4.19. The van der Waals surface area contributed by atoms with E-state index in [1.54, 1.807) is 12.6 Å². The van der Waals surface area contributed by atoms with E-state index in [9.17, 15) is 9.59 Å². The number of nitrogens with zero attached hydrogens (tertiary/aromatic N) is 2. The van der Waals surface area contributed by atoms with Crippen LogP contribution in [0.4, 0.5) is 0 Å². The highest BCUT2D eigenvalue weighted by Crippen LogP contribution is 2.12. The Hall–Kier alpha value is -1.43. The van der Waals surface area contributed by atoms with Crippen LogP contribution in [0.25, 0.3) is 0 Å². The van der Waals surface area contributed by atoms with Gasteiger partial charge in [0.15, 0.2) is 0 Å². The maximum atomic E-state index is 11.7. The lowest BCUT2D eigenvalue weighted by atomic mass is 10.3. The standard InChI is InChI=1S/C9H12N2O3S/c1-6-8(10-5-15-6)9(14)11(2)4-3-7(12)13/h5H,3-4H2,1-2H3,(H,12,13). The summed E-state index contributed by atoms with van der Waals surface area (Å²) >= 11 is 1.40. The Balaban J connectivity index is 2.61. The van der Waals surface area contributed by atoms with Crippen molar-refractivity contribution in [2.75, 3.05) is 13.6 Å². The van der Waals surface area contributed by atoms with Gasteiger partial charge in [-0.05, 0) is 6.92 Å². The first-order valence-electron chi connectivity index (χ1n) is 4.39. The molecule has 0 saturated heterocycles. The van der Waals surface area contributed by atoms with Crippen molar-refractivity contribution in [1.29, 1.82) is 0 Å². The summed E-state index contributed by atoms with van der Waals surface area (Å²) in [5, 5.41) is 8.48. The summed E-state index contributed by atoms with van der Waals surface area (Å²) in [5.74, 6) is -1.14. The Morgan fingerprint density at radius 3 is 2.73 bits per heavy atom. The first-order chi connectivity index (χ1) is 7.02. The molecule has 0 aromatic carbocycles. The van der Waals surface area contributed by atoms with Crippen LogP contribution in [0.15, 0.2) is 5.51 Å². The van der Waals surface area contributed by atoms with Gasteiger partial charge >= 0.3 is 5.97 Å². The van der Waals surface area contributed by atoms with Crippen molar-refractivity contribution >= 4 is 23.2 Å². The Morgan fingerprint density at radius 2 is 2.27 bits per heavy atom. The summed E-state index contributed by atoms with van der Waals surface area (Å²) in [7, 11) is 1.57. The number of carboxylic acid groups (broad SMARTS) is 1. The van der Waals surface area contributed by atoms with E-state index in [-0.39, 0.29) is 18.9 Å². The highest BCUT2D eigenvalue weighted by Gasteiger charge is 2.16. The average Bonchev–Trinajstić information content (AvgIpc) is 2.59. The van der Waals surface area contributed by atoms with Gasteiger partial charge in [-0.15, -0.1) is 11.3 Å². The molecule has 82 valence electrons. The van der Waals surface area contributed by atoms with Crippen LogP contribution in [0.1, 0.15) is 21.8 Å². The molecule has 15 heavy (non-hydrogen) atoms. The van der Waals surface area contributed by atoms with Gasteiger partial charge < -0.3 is 10.0 Å². The number of aromatic nitrogens is 1. The number of carbonyl (C=O) groups is 2. The van der Waals surface area contributed by atoms with E-state index in [4.69, 9.17) is 5.11 Å². The van der Waals surface area contributed by atoms with Gasteiger partial charge in [0.1, 0.15) is 5.69 Å². The molecule has 0 bridgehead atoms. The van der Waals surface area contributed by atoms with Crippen LogP contribution in [0.5, 0.6) is 0 Å². The summed E-state index contributed by atoms with van der Waals surface area (Å²) in [5.41, 5.74) is 2.01. The molecule has 5 nitrogen and oxygen atoms in total. The molecule has 0 aliphatic heterocycles. The molecule has 6 heteroatoms. The highest BCUT2D eigenvalue weighted by atomic mass is 32.1. The molecular weight excluding hydrogens is 216 g/mol. The number of carboxylic acids is 1. The molecule has 1 aromatic heterocycles. The molecule has 0 aliphatic rings. The fourth-order valence-corrected chi connectivity index (χ4v) is 1.62. The van der Waals surface area contributed by atoms with E-state index in [1.165, 1.54) is 16.2 Å². The van der Waals surface area contributed by atoms with Gasteiger partial charge in [0.2, 0.25) is 0 Å². The zero-order chi connectivity index (χ0) is 11.4. The SMILES string of the molecule is Cc1scnc1C(=O)N(C)CCC(=O)O. The van der Waals surface area contributed by atoms with Crippen LogP contribution in [0.2, 0.25) is 0 Å². The van der Waals surface area contributed by atoms with Crippen LogP contribution in [0.3, 0.4) is 0 Å². The summed E-state index contributed by atoms with van der Waals surface area (Å²) < 4.78 is 0. The minimum atomic E-state index is -0.912. The molecule has 0 atom stereocenters. The van der Waals surface area contributed by atoms with Gasteiger partial charge in [-0.1, -0.05) is 0 Å². The van der Waals surface area contributed by atoms with Crippen LogP contribution in [0, 0.1) is 6.92 Å². The first kappa shape index (κ1) is 11.6. The molecule has 1 aromatic rings. The number of hydrogen-bond donors (Lipinski definition) is 1. The van der Waals surface area contributed by atoms with Gasteiger partial charge in [-0.3, -0.25) is 9.59 Å². The molecule has 0 saturated carbocycles. The first-order valence-corrected chi connectivity index (χ1v) is 5.27. The maximum absolute atomic E-state index is 11.7. The minimum absolute atomic E-state index is 0.0502. The summed E-state index contributed by atoms with van der Waals surface area (Å²) in [6, 6.07) is 0. The van der Waals surface area contributed by atoms with Crippen molar-refractivity contribution in [1.82, 2.24) is 9.88 Å². The van der Waals surface area contributed by atoms with Gasteiger partial charge in [0.05, 0.1) is 11.9 Å². The Morgan fingerprint density at radius 1 is 1.60 bits per heavy atom. The monoisotopic (exact) mass is 228 g/mol. The van der Waals surface area contributed by atoms with Crippen molar-refractivity contribution in [2.24, 2.45) is 0 Å². The molecule has 0 aliphatic carbocycles. The second kappa shape index (κ2) is 4.88. The van der Waals surface area contributed by atoms with Crippen molar-refractivity contribution in [3.8, 4) is 0 Å². The van der Waals surface area contributed by atoms with E-state index in [0.29, 0.717) is 5.69 Å². The van der Waals surface area contributed by atoms with Crippen LogP contribution >= 0.6 is 11.3 Å². The zero-order valence-corrected chi connectivity index (χ0v) is 9.37. The molecule has 1 heterocycles. The molecule has 0 radical (unpaired) electrons. The lowest BCUT2D eigenvalue weighted by Gasteiger charge is -2.14. The lowest BCUT2D eigenvalue weighted by molar-refractivity contribution is -0.137. The number of amides is 1.